The molecule has 2 heterocycles. The second-order valence-electron chi connectivity index (χ2n) is 9.69. The molecule has 4 bridgehead atoms. The van der Waals surface area contributed by atoms with Crippen molar-refractivity contribution < 1.29 is 4.79 Å². The van der Waals surface area contributed by atoms with E-state index in [0.29, 0.717) is 18.6 Å². The van der Waals surface area contributed by atoms with Gasteiger partial charge < -0.3 is 4.90 Å². The third-order valence-electron chi connectivity index (χ3n) is 7.99. The zero-order valence-electron chi connectivity index (χ0n) is 16.9. The molecule has 1 aromatic heterocycles. The minimum Gasteiger partial charge on any atom is -0.335 e. The van der Waals surface area contributed by atoms with Gasteiger partial charge >= 0.3 is 5.69 Å². The number of nitrogens with zero attached hydrogens (tertiary/aromatic N) is 4. The first-order valence-electron chi connectivity index (χ1n) is 10.7. The Labute approximate surface area is 164 Å². The normalized spacial score (nSPS) is 34.8. The van der Waals surface area contributed by atoms with Crippen molar-refractivity contribution >= 4 is 5.91 Å². The third-order valence-corrected chi connectivity index (χ3v) is 7.99. The lowest BCUT2D eigenvalue weighted by atomic mass is 9.52. The molecule has 5 aliphatic rings. The molecular formula is C21H30N4O3. The van der Waals surface area contributed by atoms with E-state index in [1.807, 2.05) is 4.90 Å². The van der Waals surface area contributed by atoms with Gasteiger partial charge in [0.25, 0.3) is 11.5 Å². The minimum atomic E-state index is -0.456. The second-order valence-corrected chi connectivity index (χ2v) is 9.69. The number of amides is 1. The average molecular weight is 386 g/mol. The summed E-state index contributed by atoms with van der Waals surface area (Å²) in [7, 11) is 2.99. The molecule has 152 valence electrons. The summed E-state index contributed by atoms with van der Waals surface area (Å²) in [6, 6.07) is 1.29. The topological polar surface area (TPSA) is 67.6 Å². The molecule has 0 spiro atoms. The Morgan fingerprint density at radius 3 is 1.96 bits per heavy atom. The molecule has 7 nitrogen and oxygen atoms in total. The van der Waals surface area contributed by atoms with E-state index in [9.17, 15) is 14.4 Å². The molecule has 0 aromatic carbocycles. The predicted octanol–water partition coefficient (Wildman–Crippen LogP) is 0.811. The maximum Gasteiger partial charge on any atom is 0.331 e. The third kappa shape index (κ3) is 2.70. The van der Waals surface area contributed by atoms with E-state index >= 15 is 0 Å². The minimum absolute atomic E-state index is 0.191. The lowest BCUT2D eigenvalue weighted by Gasteiger charge is -2.61. The number of hydrogen-bond donors (Lipinski definition) is 0. The number of carbonyl (C=O) groups is 1. The highest BCUT2D eigenvalue weighted by Crippen LogP contribution is 2.57. The molecule has 28 heavy (non-hydrogen) atoms. The van der Waals surface area contributed by atoms with Crippen LogP contribution >= 0.6 is 0 Å². The monoisotopic (exact) mass is 386 g/mol. The Morgan fingerprint density at radius 2 is 1.43 bits per heavy atom. The van der Waals surface area contributed by atoms with Gasteiger partial charge in [-0.25, -0.2) is 4.79 Å². The van der Waals surface area contributed by atoms with Gasteiger partial charge in [0, 0.05) is 51.9 Å². The molecule has 5 fully saturated rings. The van der Waals surface area contributed by atoms with Crippen molar-refractivity contribution in [2.45, 2.75) is 44.1 Å². The van der Waals surface area contributed by atoms with E-state index in [2.05, 4.69) is 4.90 Å². The molecule has 6 rings (SSSR count). The van der Waals surface area contributed by atoms with Crippen LogP contribution in [0.5, 0.6) is 0 Å². The molecule has 1 amide bonds. The molecule has 1 saturated heterocycles. The Balaban J connectivity index is 1.31. The lowest BCUT2D eigenvalue weighted by Crippen LogP contribution is -2.64. The summed E-state index contributed by atoms with van der Waals surface area (Å²) < 4.78 is 2.32. The van der Waals surface area contributed by atoms with E-state index < -0.39 is 11.2 Å². The number of carbonyl (C=O) groups excluding carboxylic acids is 1. The number of piperazine rings is 1. The van der Waals surface area contributed by atoms with Crippen molar-refractivity contribution in [3.05, 3.63) is 32.6 Å². The highest BCUT2D eigenvalue weighted by molar-refractivity contribution is 5.92. The van der Waals surface area contributed by atoms with Gasteiger partial charge in [0.15, 0.2) is 0 Å². The first kappa shape index (κ1) is 18.2. The SMILES string of the molecule is Cn1c(C(=O)N2CCN(C34CC5CC(CC(C5)C3)C4)CC2)cc(=O)n(C)c1=O. The lowest BCUT2D eigenvalue weighted by molar-refractivity contribution is -0.0987. The maximum absolute atomic E-state index is 13.0. The van der Waals surface area contributed by atoms with Gasteiger partial charge in [0.1, 0.15) is 5.69 Å². The quantitative estimate of drug-likeness (QED) is 0.754. The van der Waals surface area contributed by atoms with Crippen LogP contribution in [0.2, 0.25) is 0 Å². The van der Waals surface area contributed by atoms with Crippen LogP contribution in [0.15, 0.2) is 15.7 Å². The van der Waals surface area contributed by atoms with E-state index in [1.54, 1.807) is 7.05 Å². The molecule has 0 N–H and O–H groups in total. The summed E-state index contributed by atoms with van der Waals surface area (Å²) in [4.78, 5) is 41.6. The van der Waals surface area contributed by atoms with Crippen molar-refractivity contribution in [1.82, 2.24) is 18.9 Å². The molecule has 0 unspecified atom stereocenters. The van der Waals surface area contributed by atoms with Crippen LogP contribution in [0.3, 0.4) is 0 Å². The highest BCUT2D eigenvalue weighted by atomic mass is 16.2. The predicted molar refractivity (Wildman–Crippen MR) is 105 cm³/mol. The van der Waals surface area contributed by atoms with Crippen LogP contribution in [-0.4, -0.2) is 56.6 Å². The van der Waals surface area contributed by atoms with Crippen LogP contribution < -0.4 is 11.2 Å². The van der Waals surface area contributed by atoms with E-state index in [-0.39, 0.29) is 11.6 Å². The fraction of sp³-hybridized carbons (Fsp3) is 0.762. The average Bonchev–Trinajstić information content (AvgIpc) is 2.68. The molecule has 0 atom stereocenters. The van der Waals surface area contributed by atoms with Crippen LogP contribution in [0, 0.1) is 17.8 Å². The molecule has 4 saturated carbocycles. The van der Waals surface area contributed by atoms with Crippen LogP contribution in [0.25, 0.3) is 0 Å². The Bertz CT molecular complexity index is 887. The van der Waals surface area contributed by atoms with Gasteiger partial charge in [0.05, 0.1) is 0 Å². The van der Waals surface area contributed by atoms with Gasteiger partial charge in [-0.05, 0) is 56.3 Å². The maximum atomic E-state index is 13.0. The van der Waals surface area contributed by atoms with Gasteiger partial charge in [0.2, 0.25) is 0 Å². The van der Waals surface area contributed by atoms with Crippen molar-refractivity contribution in [2.24, 2.45) is 31.8 Å². The smallest absolute Gasteiger partial charge is 0.331 e. The first-order chi connectivity index (χ1) is 13.4. The van der Waals surface area contributed by atoms with E-state index in [4.69, 9.17) is 0 Å². The highest BCUT2D eigenvalue weighted by Gasteiger charge is 2.53. The van der Waals surface area contributed by atoms with Crippen molar-refractivity contribution in [2.75, 3.05) is 26.2 Å². The summed E-state index contributed by atoms with van der Waals surface area (Å²) >= 11 is 0. The van der Waals surface area contributed by atoms with E-state index in [1.165, 1.54) is 56.2 Å². The molecule has 1 aromatic rings. The first-order valence-corrected chi connectivity index (χ1v) is 10.7. The molecule has 1 aliphatic heterocycles. The summed E-state index contributed by atoms with van der Waals surface area (Å²) in [5, 5.41) is 0. The van der Waals surface area contributed by atoms with Crippen molar-refractivity contribution in [3.63, 3.8) is 0 Å². The fourth-order valence-electron chi connectivity index (χ4n) is 6.94. The van der Waals surface area contributed by atoms with Gasteiger partial charge in [-0.3, -0.25) is 23.6 Å². The number of hydrogen-bond acceptors (Lipinski definition) is 4. The molecule has 0 radical (unpaired) electrons. The largest absolute Gasteiger partial charge is 0.335 e. The fourth-order valence-corrected chi connectivity index (χ4v) is 6.94. The van der Waals surface area contributed by atoms with Crippen molar-refractivity contribution in [1.29, 1.82) is 0 Å². The van der Waals surface area contributed by atoms with E-state index in [0.717, 1.165) is 35.4 Å². The zero-order chi connectivity index (χ0) is 19.6. The van der Waals surface area contributed by atoms with Gasteiger partial charge in [-0.1, -0.05) is 0 Å². The van der Waals surface area contributed by atoms with Crippen LogP contribution in [-0.2, 0) is 14.1 Å². The molecular weight excluding hydrogens is 356 g/mol. The van der Waals surface area contributed by atoms with Crippen molar-refractivity contribution in [3.8, 4) is 0 Å². The summed E-state index contributed by atoms with van der Waals surface area (Å²) in [5.74, 6) is 2.55. The van der Waals surface area contributed by atoms with Gasteiger partial charge in [-0.15, -0.1) is 0 Å². The summed E-state index contributed by atoms with van der Waals surface area (Å²) in [6.45, 7) is 3.14. The molecule has 4 aliphatic carbocycles. The van der Waals surface area contributed by atoms with Crippen LogP contribution in [0.1, 0.15) is 49.0 Å². The van der Waals surface area contributed by atoms with Crippen LogP contribution in [0.4, 0.5) is 0 Å². The van der Waals surface area contributed by atoms with Gasteiger partial charge in [-0.2, -0.15) is 0 Å². The Kier molecular flexibility index (Phi) is 4.09. The summed E-state index contributed by atoms with van der Waals surface area (Å²) in [5.41, 5.74) is -0.322. The Hall–Kier alpha value is -1.89. The zero-order valence-corrected chi connectivity index (χ0v) is 16.9. The number of aromatic nitrogens is 2. The summed E-state index contributed by atoms with van der Waals surface area (Å²) in [6.07, 6.45) is 8.35. The number of rotatable bonds is 2. The molecule has 7 heteroatoms. The Morgan fingerprint density at radius 1 is 0.893 bits per heavy atom. The standard InChI is InChI=1S/C21H30N4O3/c1-22-17(10-18(26)23(2)20(22)28)19(27)24-3-5-25(6-4-24)21-11-14-7-15(12-21)9-16(8-14)13-21/h10,14-16H,3-9,11-13H2,1-2H3. The second kappa shape index (κ2) is 6.31.